The molecule has 2 aromatic heterocycles. The number of rotatable bonds is 18. The predicted molar refractivity (Wildman–Crippen MR) is 160 cm³/mol. The molecule has 13 heteroatoms. The Bertz CT molecular complexity index is 1360. The van der Waals surface area contributed by atoms with Gasteiger partial charge >= 0.3 is 7.75 Å². The van der Waals surface area contributed by atoms with Crippen molar-refractivity contribution in [2.75, 3.05) is 32.2 Å². The number of benzene rings is 2. The van der Waals surface area contributed by atoms with Gasteiger partial charge < -0.3 is 33.6 Å². The van der Waals surface area contributed by atoms with Crippen molar-refractivity contribution in [3.63, 3.8) is 0 Å². The Balaban J connectivity index is 1.60. The SMILES string of the molecule is CCCOC(CN(CO[C@H](C)Cn1cnc2c(N)ncnc21)P(=O)(Oc1ccccc1)Oc1ccccc1)OCCC. The van der Waals surface area contributed by atoms with Crippen molar-refractivity contribution in [3.8, 4) is 11.5 Å². The lowest BCUT2D eigenvalue weighted by molar-refractivity contribution is -0.154. The van der Waals surface area contributed by atoms with Gasteiger partial charge in [-0.05, 0) is 44.0 Å². The number of nitrogens with zero attached hydrogens (tertiary/aromatic N) is 5. The van der Waals surface area contributed by atoms with Crippen LogP contribution in [-0.4, -0.2) is 63.1 Å². The third-order valence-electron chi connectivity index (χ3n) is 6.04. The Hall–Kier alpha value is -3.54. The molecule has 2 N–H and O–H groups in total. The summed E-state index contributed by atoms with van der Waals surface area (Å²) in [5.41, 5.74) is 7.06. The molecule has 0 bridgehead atoms. The normalized spacial score (nSPS) is 12.7. The number of ether oxygens (including phenoxy) is 3. The molecule has 0 aliphatic rings. The number of fused-ring (bicyclic) bond motifs is 1. The lowest BCUT2D eigenvalue weighted by atomic mass is 10.3. The average molecular weight is 599 g/mol. The topological polar surface area (TPSA) is 136 Å². The maximum Gasteiger partial charge on any atom is 0.517 e. The van der Waals surface area contributed by atoms with Crippen LogP contribution >= 0.6 is 7.75 Å². The van der Waals surface area contributed by atoms with E-state index in [0.29, 0.717) is 48.2 Å². The van der Waals surface area contributed by atoms with Crippen LogP contribution in [0.25, 0.3) is 11.2 Å². The van der Waals surface area contributed by atoms with E-state index in [1.165, 1.54) is 11.0 Å². The fourth-order valence-electron chi connectivity index (χ4n) is 3.99. The highest BCUT2D eigenvalue weighted by atomic mass is 31.2. The van der Waals surface area contributed by atoms with Crippen LogP contribution in [0.2, 0.25) is 0 Å². The molecule has 0 fully saturated rings. The van der Waals surface area contributed by atoms with E-state index >= 15 is 0 Å². The Morgan fingerprint density at radius 1 is 0.881 bits per heavy atom. The fourth-order valence-corrected chi connectivity index (χ4v) is 5.57. The summed E-state index contributed by atoms with van der Waals surface area (Å²) in [6, 6.07) is 17.8. The number of imidazole rings is 1. The zero-order valence-corrected chi connectivity index (χ0v) is 25.1. The second-order valence-electron chi connectivity index (χ2n) is 9.57. The van der Waals surface area contributed by atoms with Gasteiger partial charge in [0.05, 0.1) is 25.5 Å². The summed E-state index contributed by atoms with van der Waals surface area (Å²) in [6.07, 6.45) is 3.59. The summed E-state index contributed by atoms with van der Waals surface area (Å²) < 4.78 is 48.5. The van der Waals surface area contributed by atoms with Crippen molar-refractivity contribution in [1.82, 2.24) is 24.2 Å². The first-order valence-electron chi connectivity index (χ1n) is 14.0. The first kappa shape index (κ1) is 31.4. The Labute approximate surface area is 246 Å². The van der Waals surface area contributed by atoms with Crippen LogP contribution in [0.5, 0.6) is 11.5 Å². The second kappa shape index (κ2) is 15.6. The molecular weight excluding hydrogens is 559 g/mol. The smallest absolute Gasteiger partial charge is 0.404 e. The minimum Gasteiger partial charge on any atom is -0.404 e. The fraction of sp³-hybridized carbons (Fsp3) is 0.414. The molecule has 0 aliphatic heterocycles. The van der Waals surface area contributed by atoms with Gasteiger partial charge in [0.15, 0.2) is 17.8 Å². The van der Waals surface area contributed by atoms with Crippen LogP contribution in [0.15, 0.2) is 73.3 Å². The highest BCUT2D eigenvalue weighted by Crippen LogP contribution is 2.52. The molecule has 0 aliphatic carbocycles. The van der Waals surface area contributed by atoms with Crippen LogP contribution in [0, 0.1) is 0 Å². The van der Waals surface area contributed by atoms with Crippen molar-refractivity contribution in [2.45, 2.75) is 52.6 Å². The first-order valence-corrected chi connectivity index (χ1v) is 15.5. The summed E-state index contributed by atoms with van der Waals surface area (Å²) in [7, 11) is -4.07. The second-order valence-corrected chi connectivity index (χ2v) is 11.4. The molecule has 2 heterocycles. The van der Waals surface area contributed by atoms with E-state index < -0.39 is 14.0 Å². The molecular formula is C29H39N6O6P. The first-order chi connectivity index (χ1) is 20.4. The van der Waals surface area contributed by atoms with E-state index in [4.69, 9.17) is 29.0 Å². The van der Waals surface area contributed by atoms with E-state index in [0.717, 1.165) is 12.8 Å². The molecule has 0 unspecified atom stereocenters. The highest BCUT2D eigenvalue weighted by molar-refractivity contribution is 7.52. The number of nitrogen functional groups attached to an aromatic ring is 1. The van der Waals surface area contributed by atoms with Crippen LogP contribution in [0.3, 0.4) is 0 Å². The Morgan fingerprint density at radius 3 is 2.05 bits per heavy atom. The van der Waals surface area contributed by atoms with Crippen molar-refractivity contribution in [1.29, 1.82) is 0 Å². The van der Waals surface area contributed by atoms with Gasteiger partial charge in [-0.3, -0.25) is 0 Å². The molecule has 1 atom stereocenters. The Morgan fingerprint density at radius 2 is 1.48 bits per heavy atom. The maximum atomic E-state index is 14.7. The molecule has 0 radical (unpaired) electrons. The van der Waals surface area contributed by atoms with E-state index in [9.17, 15) is 4.57 Å². The van der Waals surface area contributed by atoms with Gasteiger partial charge in [0.25, 0.3) is 0 Å². The van der Waals surface area contributed by atoms with Crippen molar-refractivity contribution >= 4 is 24.7 Å². The van der Waals surface area contributed by atoms with E-state index in [1.807, 2.05) is 37.5 Å². The number of anilines is 1. The van der Waals surface area contributed by atoms with Crippen LogP contribution in [0.4, 0.5) is 5.82 Å². The molecule has 0 saturated carbocycles. The lowest BCUT2D eigenvalue weighted by Crippen LogP contribution is -2.39. The Kier molecular flexibility index (Phi) is 11.7. The minimum atomic E-state index is -4.07. The maximum absolute atomic E-state index is 14.7. The molecule has 42 heavy (non-hydrogen) atoms. The van der Waals surface area contributed by atoms with Gasteiger partial charge in [0.1, 0.15) is 30.1 Å². The van der Waals surface area contributed by atoms with E-state index in [-0.39, 0.29) is 19.4 Å². The monoisotopic (exact) mass is 598 g/mol. The summed E-state index contributed by atoms with van der Waals surface area (Å²) in [5, 5.41) is 0. The standard InChI is InChI=1S/C29H39N6O6P/c1-4-16-37-26(38-17-5-2)19-35(22-39-23(3)18-34-21-33-27-28(30)31-20-32-29(27)34)42(36,40-24-12-8-6-9-13-24)41-25-14-10-7-11-15-25/h6-15,20-21,23,26H,4-5,16-19,22H2,1-3H3,(H2,30,31,32)/t23-/m1/s1. The highest BCUT2D eigenvalue weighted by Gasteiger charge is 2.40. The molecule has 0 amide bonds. The summed E-state index contributed by atoms with van der Waals surface area (Å²) >= 11 is 0. The molecule has 2 aromatic carbocycles. The van der Waals surface area contributed by atoms with Gasteiger partial charge in [-0.25, -0.2) is 19.5 Å². The zero-order chi connectivity index (χ0) is 29.8. The van der Waals surface area contributed by atoms with Crippen molar-refractivity contribution in [2.24, 2.45) is 0 Å². The quantitative estimate of drug-likeness (QED) is 0.115. The van der Waals surface area contributed by atoms with Gasteiger partial charge in [-0.2, -0.15) is 4.67 Å². The predicted octanol–water partition coefficient (Wildman–Crippen LogP) is 5.52. The molecule has 4 rings (SSSR count). The molecule has 0 spiro atoms. The molecule has 226 valence electrons. The number of hydrogen-bond donors (Lipinski definition) is 1. The molecule has 12 nitrogen and oxygen atoms in total. The van der Waals surface area contributed by atoms with Gasteiger partial charge in [-0.15, -0.1) is 0 Å². The van der Waals surface area contributed by atoms with E-state index in [1.54, 1.807) is 54.9 Å². The van der Waals surface area contributed by atoms with Crippen LogP contribution in [0.1, 0.15) is 33.6 Å². The molecule has 4 aromatic rings. The number of aromatic nitrogens is 4. The minimum absolute atomic E-state index is 0.0709. The van der Waals surface area contributed by atoms with E-state index in [2.05, 4.69) is 15.0 Å². The number of nitrogens with two attached hydrogens (primary N) is 1. The number of para-hydroxylation sites is 2. The average Bonchev–Trinajstić information content (AvgIpc) is 3.40. The number of hydrogen-bond acceptors (Lipinski definition) is 10. The largest absolute Gasteiger partial charge is 0.517 e. The third kappa shape index (κ3) is 8.73. The lowest BCUT2D eigenvalue weighted by Gasteiger charge is -2.33. The zero-order valence-electron chi connectivity index (χ0n) is 24.2. The summed E-state index contributed by atoms with van der Waals surface area (Å²) in [5.74, 6) is 1.08. The van der Waals surface area contributed by atoms with Gasteiger partial charge in [-0.1, -0.05) is 50.2 Å². The summed E-state index contributed by atoms with van der Waals surface area (Å²) in [6.45, 7) is 7.24. The van der Waals surface area contributed by atoms with Crippen molar-refractivity contribution in [3.05, 3.63) is 73.3 Å². The van der Waals surface area contributed by atoms with Gasteiger partial charge in [0, 0.05) is 13.2 Å². The third-order valence-corrected chi connectivity index (χ3v) is 7.90. The summed E-state index contributed by atoms with van der Waals surface area (Å²) in [4.78, 5) is 12.6. The van der Waals surface area contributed by atoms with Gasteiger partial charge in [0.2, 0.25) is 0 Å². The molecule has 0 saturated heterocycles. The van der Waals surface area contributed by atoms with Crippen molar-refractivity contribution < 1.29 is 27.8 Å². The van der Waals surface area contributed by atoms with Crippen LogP contribution < -0.4 is 14.8 Å². The van der Waals surface area contributed by atoms with Crippen LogP contribution in [-0.2, 0) is 25.3 Å².